The standard InChI is InChI=1S/C24H22ClFN4O3/c1-15(2)30(14-22-28-29-24(33-22)16-7-3-5-9-18(16)25)23(31)12-11-21-27-13-20(32-21)17-8-4-6-10-19(17)26/h3-10,13,15H,11-12,14H2,1-2H3. The van der Waals surface area contributed by atoms with Gasteiger partial charge in [-0.3, -0.25) is 4.79 Å². The summed E-state index contributed by atoms with van der Waals surface area (Å²) in [5, 5.41) is 8.63. The topological polar surface area (TPSA) is 85.3 Å². The van der Waals surface area contributed by atoms with E-state index in [9.17, 15) is 9.18 Å². The number of oxazole rings is 1. The third kappa shape index (κ3) is 5.28. The highest BCUT2D eigenvalue weighted by Crippen LogP contribution is 2.27. The minimum atomic E-state index is -0.391. The number of hydrogen-bond acceptors (Lipinski definition) is 6. The molecule has 0 radical (unpaired) electrons. The zero-order valence-electron chi connectivity index (χ0n) is 18.2. The van der Waals surface area contributed by atoms with Crippen LogP contribution in [0.4, 0.5) is 4.39 Å². The van der Waals surface area contributed by atoms with Gasteiger partial charge in [0.05, 0.1) is 28.9 Å². The normalized spacial score (nSPS) is 11.2. The van der Waals surface area contributed by atoms with Crippen LogP contribution in [0.5, 0.6) is 0 Å². The van der Waals surface area contributed by atoms with Gasteiger partial charge in [-0.25, -0.2) is 9.37 Å². The van der Waals surface area contributed by atoms with E-state index in [-0.39, 0.29) is 31.3 Å². The second kappa shape index (κ2) is 9.95. The highest BCUT2D eigenvalue weighted by Gasteiger charge is 2.22. The van der Waals surface area contributed by atoms with Crippen molar-refractivity contribution in [2.75, 3.05) is 0 Å². The molecule has 0 aliphatic rings. The van der Waals surface area contributed by atoms with Gasteiger partial charge in [-0.2, -0.15) is 0 Å². The lowest BCUT2D eigenvalue weighted by Crippen LogP contribution is -2.36. The maximum absolute atomic E-state index is 14.0. The summed E-state index contributed by atoms with van der Waals surface area (Å²) in [7, 11) is 0. The molecule has 2 aromatic heterocycles. The minimum Gasteiger partial charge on any atom is -0.441 e. The SMILES string of the molecule is CC(C)N(Cc1nnc(-c2ccccc2Cl)o1)C(=O)CCc1ncc(-c2ccccc2F)o1. The molecule has 0 saturated heterocycles. The van der Waals surface area contributed by atoms with Crippen molar-refractivity contribution in [2.24, 2.45) is 0 Å². The Morgan fingerprint density at radius 3 is 2.48 bits per heavy atom. The van der Waals surface area contributed by atoms with E-state index < -0.39 is 5.82 Å². The average Bonchev–Trinajstić information content (AvgIpc) is 3.46. The summed E-state index contributed by atoms with van der Waals surface area (Å²) in [5.74, 6) is 0.793. The van der Waals surface area contributed by atoms with Crippen molar-refractivity contribution in [1.29, 1.82) is 0 Å². The molecular formula is C24H22ClFN4O3. The fourth-order valence-electron chi connectivity index (χ4n) is 3.33. The molecule has 0 fully saturated rings. The quantitative estimate of drug-likeness (QED) is 0.337. The first kappa shape index (κ1) is 22.7. The van der Waals surface area contributed by atoms with Gasteiger partial charge >= 0.3 is 0 Å². The fraction of sp³-hybridized carbons (Fsp3) is 0.250. The van der Waals surface area contributed by atoms with E-state index in [1.807, 2.05) is 26.0 Å². The van der Waals surface area contributed by atoms with Crippen molar-refractivity contribution in [3.63, 3.8) is 0 Å². The molecule has 0 unspecified atom stereocenters. The highest BCUT2D eigenvalue weighted by atomic mass is 35.5. The second-order valence-corrected chi connectivity index (χ2v) is 8.10. The molecule has 2 aromatic carbocycles. The van der Waals surface area contributed by atoms with Crippen molar-refractivity contribution >= 4 is 17.5 Å². The number of carbonyl (C=O) groups excluding carboxylic acids is 1. The molecule has 0 spiro atoms. The molecule has 7 nitrogen and oxygen atoms in total. The van der Waals surface area contributed by atoms with Crippen LogP contribution in [0.1, 0.15) is 32.0 Å². The van der Waals surface area contributed by atoms with Gasteiger partial charge in [0.1, 0.15) is 5.82 Å². The summed E-state index contributed by atoms with van der Waals surface area (Å²) in [5.41, 5.74) is 0.965. The number of rotatable bonds is 8. The van der Waals surface area contributed by atoms with Gasteiger partial charge in [0.2, 0.25) is 17.7 Å². The Morgan fingerprint density at radius 2 is 1.76 bits per heavy atom. The van der Waals surface area contributed by atoms with Crippen molar-refractivity contribution in [3.05, 3.63) is 77.3 Å². The maximum atomic E-state index is 14.0. The van der Waals surface area contributed by atoms with Crippen LogP contribution >= 0.6 is 11.6 Å². The number of carbonyl (C=O) groups is 1. The largest absolute Gasteiger partial charge is 0.441 e. The predicted octanol–water partition coefficient (Wildman–Crippen LogP) is 5.55. The zero-order valence-corrected chi connectivity index (χ0v) is 18.9. The summed E-state index contributed by atoms with van der Waals surface area (Å²) >= 11 is 6.20. The van der Waals surface area contributed by atoms with Crippen LogP contribution < -0.4 is 0 Å². The molecule has 0 saturated carbocycles. The summed E-state index contributed by atoms with van der Waals surface area (Å²) in [6, 6.07) is 13.4. The molecule has 170 valence electrons. The maximum Gasteiger partial charge on any atom is 0.249 e. The lowest BCUT2D eigenvalue weighted by molar-refractivity contribution is -0.134. The molecule has 4 rings (SSSR count). The zero-order chi connectivity index (χ0) is 23.4. The molecule has 0 aliphatic carbocycles. The van der Waals surface area contributed by atoms with E-state index in [2.05, 4.69) is 15.2 Å². The second-order valence-electron chi connectivity index (χ2n) is 7.69. The van der Waals surface area contributed by atoms with Gasteiger partial charge in [-0.15, -0.1) is 10.2 Å². The van der Waals surface area contributed by atoms with E-state index in [4.69, 9.17) is 20.4 Å². The van der Waals surface area contributed by atoms with Crippen LogP contribution in [0.3, 0.4) is 0 Å². The average molecular weight is 469 g/mol. The van der Waals surface area contributed by atoms with Crippen molar-refractivity contribution in [3.8, 4) is 22.8 Å². The molecule has 0 N–H and O–H groups in total. The van der Waals surface area contributed by atoms with E-state index in [0.29, 0.717) is 39.6 Å². The fourth-order valence-corrected chi connectivity index (χ4v) is 3.55. The van der Waals surface area contributed by atoms with Gasteiger partial charge in [0, 0.05) is 18.9 Å². The molecular weight excluding hydrogens is 447 g/mol. The lowest BCUT2D eigenvalue weighted by Gasteiger charge is -2.25. The third-order valence-corrected chi connectivity index (χ3v) is 5.40. The van der Waals surface area contributed by atoms with Crippen LogP contribution in [0.25, 0.3) is 22.8 Å². The number of halogens is 2. The monoisotopic (exact) mass is 468 g/mol. The Kier molecular flexibility index (Phi) is 6.84. The predicted molar refractivity (Wildman–Crippen MR) is 121 cm³/mol. The molecule has 9 heteroatoms. The van der Waals surface area contributed by atoms with Gasteiger partial charge < -0.3 is 13.7 Å². The molecule has 4 aromatic rings. The summed E-state index contributed by atoms with van der Waals surface area (Å²) in [4.78, 5) is 18.7. The highest BCUT2D eigenvalue weighted by molar-refractivity contribution is 6.33. The first-order valence-electron chi connectivity index (χ1n) is 10.5. The smallest absolute Gasteiger partial charge is 0.249 e. The first-order chi connectivity index (χ1) is 15.9. The van der Waals surface area contributed by atoms with Gasteiger partial charge in [-0.1, -0.05) is 35.9 Å². The Morgan fingerprint density at radius 1 is 1.03 bits per heavy atom. The van der Waals surface area contributed by atoms with Gasteiger partial charge in [0.25, 0.3) is 0 Å². The van der Waals surface area contributed by atoms with E-state index in [0.717, 1.165) is 0 Å². The van der Waals surface area contributed by atoms with Crippen LogP contribution in [0, 0.1) is 5.82 Å². The van der Waals surface area contributed by atoms with Crippen LogP contribution in [0.2, 0.25) is 5.02 Å². The Labute approximate surface area is 195 Å². The molecule has 0 bridgehead atoms. The van der Waals surface area contributed by atoms with E-state index in [1.165, 1.54) is 12.3 Å². The number of aryl methyl sites for hydroxylation is 1. The van der Waals surface area contributed by atoms with Crippen molar-refractivity contribution < 1.29 is 18.0 Å². The van der Waals surface area contributed by atoms with Crippen LogP contribution in [-0.4, -0.2) is 32.0 Å². The van der Waals surface area contributed by atoms with Crippen molar-refractivity contribution in [2.45, 2.75) is 39.3 Å². The third-order valence-electron chi connectivity index (χ3n) is 5.07. The van der Waals surface area contributed by atoms with Crippen LogP contribution in [0.15, 0.2) is 63.6 Å². The molecule has 1 amide bonds. The minimum absolute atomic E-state index is 0.0910. The number of hydrogen-bond donors (Lipinski definition) is 0. The molecule has 2 heterocycles. The number of benzene rings is 2. The van der Waals surface area contributed by atoms with Crippen LogP contribution in [-0.2, 0) is 17.8 Å². The number of aromatic nitrogens is 3. The first-order valence-corrected chi connectivity index (χ1v) is 10.9. The Balaban J connectivity index is 1.40. The van der Waals surface area contributed by atoms with Crippen molar-refractivity contribution in [1.82, 2.24) is 20.1 Å². The number of amides is 1. The summed E-state index contributed by atoms with van der Waals surface area (Å²) in [6.45, 7) is 3.98. The molecule has 0 atom stereocenters. The summed E-state index contributed by atoms with van der Waals surface area (Å²) in [6.07, 6.45) is 1.92. The Hall–Kier alpha value is -3.52. The summed E-state index contributed by atoms with van der Waals surface area (Å²) < 4.78 is 25.3. The number of nitrogens with zero attached hydrogens (tertiary/aromatic N) is 4. The molecule has 33 heavy (non-hydrogen) atoms. The van der Waals surface area contributed by atoms with Gasteiger partial charge in [0.15, 0.2) is 11.7 Å². The lowest BCUT2D eigenvalue weighted by atomic mass is 10.2. The van der Waals surface area contributed by atoms with E-state index in [1.54, 1.807) is 35.2 Å². The van der Waals surface area contributed by atoms with E-state index >= 15 is 0 Å². The Bertz CT molecular complexity index is 1250. The van der Waals surface area contributed by atoms with Gasteiger partial charge in [-0.05, 0) is 38.1 Å². The molecule has 0 aliphatic heterocycles.